The summed E-state index contributed by atoms with van der Waals surface area (Å²) in [7, 11) is -0.749. The highest BCUT2D eigenvalue weighted by atomic mass is 32.2. The Morgan fingerprint density at radius 1 is 1.24 bits per heavy atom. The second kappa shape index (κ2) is 8.51. The van der Waals surface area contributed by atoms with E-state index in [1.165, 1.54) is 22.2 Å². The molecule has 10 nitrogen and oxygen atoms in total. The number of imidazole rings is 1. The second-order valence-electron chi connectivity index (χ2n) is 7.64. The van der Waals surface area contributed by atoms with Crippen LogP contribution in [0.15, 0.2) is 29.6 Å². The number of nitrogens with zero attached hydrogens (tertiary/aromatic N) is 6. The van der Waals surface area contributed by atoms with Crippen molar-refractivity contribution in [1.29, 1.82) is 0 Å². The fraction of sp³-hybridized carbons (Fsp3) is 0.400. The molecular weight excluding hydrogens is 475 g/mol. The lowest BCUT2D eigenvalue weighted by atomic mass is 10.2. The van der Waals surface area contributed by atoms with E-state index < -0.39 is 21.6 Å². The maximum Gasteiger partial charge on any atom is 0.417 e. The van der Waals surface area contributed by atoms with E-state index >= 15 is 0 Å². The highest BCUT2D eigenvalue weighted by Gasteiger charge is 2.33. The monoisotopic (exact) mass is 497 g/mol. The quantitative estimate of drug-likeness (QED) is 0.414. The van der Waals surface area contributed by atoms with E-state index in [0.717, 1.165) is 6.07 Å². The fourth-order valence-electron chi connectivity index (χ4n) is 3.40. The summed E-state index contributed by atoms with van der Waals surface area (Å²) in [5.74, 6) is 0.302. The van der Waals surface area contributed by atoms with Gasteiger partial charge < -0.3 is 14.6 Å². The van der Waals surface area contributed by atoms with Gasteiger partial charge in [-0.2, -0.15) is 22.8 Å². The number of sulfone groups is 1. The third-order valence-electron chi connectivity index (χ3n) is 5.39. The zero-order valence-electron chi connectivity index (χ0n) is 18.8. The number of halogens is 3. The smallest absolute Gasteiger partial charge is 0.380 e. The minimum atomic E-state index is -4.60. The van der Waals surface area contributed by atoms with Crippen LogP contribution < -0.4 is 5.32 Å². The van der Waals surface area contributed by atoms with Gasteiger partial charge >= 0.3 is 6.18 Å². The first kappa shape index (κ1) is 23.9. The van der Waals surface area contributed by atoms with Crippen LogP contribution in [0.1, 0.15) is 19.4 Å². The summed E-state index contributed by atoms with van der Waals surface area (Å²) < 4.78 is 73.4. The van der Waals surface area contributed by atoms with Gasteiger partial charge in [0.1, 0.15) is 22.7 Å². The predicted molar refractivity (Wildman–Crippen MR) is 118 cm³/mol. The van der Waals surface area contributed by atoms with E-state index in [-0.39, 0.29) is 45.1 Å². The van der Waals surface area contributed by atoms with Crippen molar-refractivity contribution in [3.63, 3.8) is 0 Å². The van der Waals surface area contributed by atoms with Gasteiger partial charge in [-0.05, 0) is 19.1 Å². The SMILES string of the molecule is CCS(=O)(=O)c1nn2c(NCC(C)OC)ccnc2c1-c1nc2cc(C(F)(F)F)cnc2n1C. The first-order valence-electron chi connectivity index (χ1n) is 10.2. The molecule has 4 aromatic rings. The number of anilines is 1. The molecule has 0 bridgehead atoms. The molecule has 4 rings (SSSR count). The molecule has 0 aliphatic heterocycles. The van der Waals surface area contributed by atoms with Gasteiger partial charge in [-0.3, -0.25) is 0 Å². The Balaban J connectivity index is 1.98. The van der Waals surface area contributed by atoms with Gasteiger partial charge in [0.15, 0.2) is 26.2 Å². The summed E-state index contributed by atoms with van der Waals surface area (Å²) in [6.07, 6.45) is -2.54. The van der Waals surface area contributed by atoms with E-state index in [9.17, 15) is 21.6 Å². The molecule has 4 heterocycles. The molecule has 0 radical (unpaired) electrons. The number of aryl methyl sites for hydroxylation is 1. The zero-order valence-corrected chi connectivity index (χ0v) is 19.6. The molecule has 0 fully saturated rings. The van der Waals surface area contributed by atoms with Crippen LogP contribution in [-0.4, -0.2) is 63.1 Å². The minimum Gasteiger partial charge on any atom is -0.380 e. The maximum absolute atomic E-state index is 13.2. The molecule has 14 heteroatoms. The van der Waals surface area contributed by atoms with Crippen molar-refractivity contribution < 1.29 is 26.3 Å². The van der Waals surface area contributed by atoms with Crippen molar-refractivity contribution in [1.82, 2.24) is 29.1 Å². The number of aromatic nitrogens is 6. The number of hydrogen-bond acceptors (Lipinski definition) is 8. The number of ether oxygens (including phenoxy) is 1. The molecule has 0 amide bonds. The molecule has 0 aromatic carbocycles. The predicted octanol–water partition coefficient (Wildman–Crippen LogP) is 2.94. The van der Waals surface area contributed by atoms with Crippen molar-refractivity contribution in [2.24, 2.45) is 7.05 Å². The van der Waals surface area contributed by atoms with Crippen molar-refractivity contribution in [2.75, 3.05) is 24.7 Å². The summed E-state index contributed by atoms with van der Waals surface area (Å²) in [5.41, 5.74) is -0.571. The summed E-state index contributed by atoms with van der Waals surface area (Å²) in [6, 6.07) is 2.50. The molecule has 182 valence electrons. The van der Waals surface area contributed by atoms with E-state index in [2.05, 4.69) is 25.4 Å². The first-order chi connectivity index (χ1) is 16.0. The van der Waals surface area contributed by atoms with Crippen LogP contribution in [0, 0.1) is 0 Å². The molecule has 34 heavy (non-hydrogen) atoms. The van der Waals surface area contributed by atoms with Crippen LogP contribution in [0.25, 0.3) is 28.2 Å². The lowest BCUT2D eigenvalue weighted by Crippen LogP contribution is -2.19. The van der Waals surface area contributed by atoms with E-state index in [1.807, 2.05) is 6.92 Å². The number of hydrogen-bond donors (Lipinski definition) is 1. The minimum absolute atomic E-state index is 0.0327. The molecule has 0 aliphatic carbocycles. The molecule has 1 N–H and O–H groups in total. The molecule has 0 spiro atoms. The fourth-order valence-corrected chi connectivity index (χ4v) is 4.37. The number of rotatable bonds is 7. The number of alkyl halides is 3. The normalized spacial score (nSPS) is 13.6. The third-order valence-corrected chi connectivity index (χ3v) is 7.03. The molecule has 4 aromatic heterocycles. The molecule has 1 atom stereocenters. The Kier molecular flexibility index (Phi) is 5.97. The Morgan fingerprint density at radius 3 is 2.62 bits per heavy atom. The largest absolute Gasteiger partial charge is 0.417 e. The molecular formula is C20H22F3N7O3S. The summed E-state index contributed by atoms with van der Waals surface area (Å²) in [6.45, 7) is 3.74. The van der Waals surface area contributed by atoms with Gasteiger partial charge in [-0.1, -0.05) is 6.92 Å². The highest BCUT2D eigenvalue weighted by molar-refractivity contribution is 7.91. The van der Waals surface area contributed by atoms with Crippen LogP contribution in [0.3, 0.4) is 0 Å². The zero-order chi connectivity index (χ0) is 24.8. The highest BCUT2D eigenvalue weighted by Crippen LogP contribution is 2.35. The van der Waals surface area contributed by atoms with Crippen molar-refractivity contribution in [2.45, 2.75) is 31.2 Å². The average molecular weight is 498 g/mol. The summed E-state index contributed by atoms with van der Waals surface area (Å²) in [5, 5.41) is 7.18. The summed E-state index contributed by atoms with van der Waals surface area (Å²) in [4.78, 5) is 12.5. The van der Waals surface area contributed by atoms with Crippen molar-refractivity contribution in [3.05, 3.63) is 30.1 Å². The van der Waals surface area contributed by atoms with Crippen molar-refractivity contribution in [3.8, 4) is 11.4 Å². The molecule has 0 saturated carbocycles. The summed E-state index contributed by atoms with van der Waals surface area (Å²) >= 11 is 0. The van der Waals surface area contributed by atoms with Crippen LogP contribution in [0.2, 0.25) is 0 Å². The average Bonchev–Trinajstić information content (AvgIpc) is 3.35. The van der Waals surface area contributed by atoms with Gasteiger partial charge in [0.25, 0.3) is 0 Å². The first-order valence-corrected chi connectivity index (χ1v) is 11.9. The van der Waals surface area contributed by atoms with Crippen LogP contribution >= 0.6 is 0 Å². The van der Waals surface area contributed by atoms with Crippen LogP contribution in [0.4, 0.5) is 19.0 Å². The number of pyridine rings is 1. The Bertz CT molecular complexity index is 1480. The maximum atomic E-state index is 13.2. The Labute approximate surface area is 192 Å². The Morgan fingerprint density at radius 2 is 1.97 bits per heavy atom. The van der Waals surface area contributed by atoms with E-state index in [0.29, 0.717) is 18.6 Å². The molecule has 1 unspecified atom stereocenters. The van der Waals surface area contributed by atoms with Crippen LogP contribution in [0.5, 0.6) is 0 Å². The molecule has 0 saturated heterocycles. The third kappa shape index (κ3) is 4.07. The van der Waals surface area contributed by atoms with E-state index in [4.69, 9.17) is 4.74 Å². The standard InChI is InChI=1S/C20H22F3N7O3S/c1-5-34(31,32)19-15(17-24-7-6-14(30(17)28-19)25-9-11(2)33-4)18-27-13-8-12(20(21,22)23)10-26-16(13)29(18)3/h6-8,10-11,25H,5,9H2,1-4H3. The van der Waals surface area contributed by atoms with Gasteiger partial charge in [-0.15, -0.1) is 0 Å². The number of methoxy groups -OCH3 is 1. The number of fused-ring (bicyclic) bond motifs is 2. The molecule has 0 aliphatic rings. The van der Waals surface area contributed by atoms with Gasteiger partial charge in [0.2, 0.25) is 0 Å². The topological polar surface area (TPSA) is 116 Å². The van der Waals surface area contributed by atoms with Gasteiger partial charge in [-0.25, -0.2) is 23.4 Å². The van der Waals surface area contributed by atoms with E-state index in [1.54, 1.807) is 20.2 Å². The van der Waals surface area contributed by atoms with Crippen LogP contribution in [-0.2, 0) is 27.8 Å². The lowest BCUT2D eigenvalue weighted by molar-refractivity contribution is -0.137. The number of nitrogens with one attached hydrogen (secondary N) is 1. The lowest BCUT2D eigenvalue weighted by Gasteiger charge is -2.12. The van der Waals surface area contributed by atoms with Crippen molar-refractivity contribution >= 4 is 32.5 Å². The second-order valence-corrected chi connectivity index (χ2v) is 9.83. The Hall–Kier alpha value is -3.26. The van der Waals surface area contributed by atoms with Gasteiger partial charge in [0.05, 0.1) is 17.4 Å². The van der Waals surface area contributed by atoms with Gasteiger partial charge in [0, 0.05) is 33.1 Å².